The predicted molar refractivity (Wildman–Crippen MR) is 53.3 cm³/mol. The minimum absolute atomic E-state index is 0.305. The van der Waals surface area contributed by atoms with Crippen LogP contribution in [0.5, 0.6) is 5.75 Å². The number of hydrogen-bond donors (Lipinski definition) is 1. The van der Waals surface area contributed by atoms with E-state index in [1.54, 1.807) is 18.2 Å². The van der Waals surface area contributed by atoms with E-state index in [2.05, 4.69) is 10.3 Å². The lowest BCUT2D eigenvalue weighted by Gasteiger charge is -2.15. The predicted octanol–water partition coefficient (Wildman–Crippen LogP) is 2.18. The van der Waals surface area contributed by atoms with Gasteiger partial charge in [-0.05, 0) is 18.2 Å². The Labute approximate surface area is 90.4 Å². The average molecular weight is 221 g/mol. The molecular formula is C11H7F2N2O-. The molecule has 0 atom stereocenters. The lowest BCUT2D eigenvalue weighted by atomic mass is 10.2. The molecule has 82 valence electrons. The van der Waals surface area contributed by atoms with Crippen molar-refractivity contribution in [1.82, 2.24) is 4.98 Å². The molecule has 0 saturated heterocycles. The summed E-state index contributed by atoms with van der Waals surface area (Å²) in [5.74, 6) is -2.25. The van der Waals surface area contributed by atoms with Gasteiger partial charge in [-0.3, -0.25) is 0 Å². The number of hydrogen-bond acceptors (Lipinski definition) is 3. The summed E-state index contributed by atoms with van der Waals surface area (Å²) in [6.07, 6.45) is 1.49. The molecule has 0 saturated carbocycles. The lowest BCUT2D eigenvalue weighted by molar-refractivity contribution is -0.267. The molecule has 3 nitrogen and oxygen atoms in total. The highest BCUT2D eigenvalue weighted by atomic mass is 19.1. The van der Waals surface area contributed by atoms with Gasteiger partial charge in [-0.2, -0.15) is 0 Å². The number of nitrogens with zero attached hydrogens (tertiary/aromatic N) is 1. The van der Waals surface area contributed by atoms with Crippen LogP contribution in [0.25, 0.3) is 0 Å². The molecule has 2 rings (SSSR count). The van der Waals surface area contributed by atoms with Crippen LogP contribution in [-0.4, -0.2) is 4.98 Å². The van der Waals surface area contributed by atoms with Crippen molar-refractivity contribution in [2.45, 2.75) is 0 Å². The SMILES string of the molecule is [O-]c1cc(F)cc(F)c1Nc1ccccn1. The first kappa shape index (κ1) is 10.4. The summed E-state index contributed by atoms with van der Waals surface area (Å²) in [7, 11) is 0. The van der Waals surface area contributed by atoms with Crippen molar-refractivity contribution in [3.8, 4) is 5.75 Å². The van der Waals surface area contributed by atoms with Crippen LogP contribution in [-0.2, 0) is 0 Å². The van der Waals surface area contributed by atoms with E-state index in [1.807, 2.05) is 0 Å². The van der Waals surface area contributed by atoms with E-state index in [1.165, 1.54) is 6.20 Å². The van der Waals surface area contributed by atoms with Crippen LogP contribution in [0.1, 0.15) is 0 Å². The molecule has 1 aromatic heterocycles. The minimum Gasteiger partial charge on any atom is -0.871 e. The third-order valence-corrected chi connectivity index (χ3v) is 1.94. The summed E-state index contributed by atoms with van der Waals surface area (Å²) in [5, 5.41) is 13.8. The van der Waals surface area contributed by atoms with Crippen molar-refractivity contribution in [1.29, 1.82) is 0 Å². The van der Waals surface area contributed by atoms with Crippen LogP contribution in [0.15, 0.2) is 36.5 Å². The molecule has 0 aliphatic heterocycles. The van der Waals surface area contributed by atoms with Gasteiger partial charge in [0.1, 0.15) is 17.5 Å². The zero-order valence-electron chi connectivity index (χ0n) is 8.08. The normalized spacial score (nSPS) is 10.1. The highest BCUT2D eigenvalue weighted by molar-refractivity contribution is 5.63. The van der Waals surface area contributed by atoms with E-state index in [9.17, 15) is 13.9 Å². The van der Waals surface area contributed by atoms with Crippen LogP contribution < -0.4 is 10.4 Å². The topological polar surface area (TPSA) is 48.0 Å². The Morgan fingerprint density at radius 2 is 2.00 bits per heavy atom. The first-order valence-corrected chi connectivity index (χ1v) is 4.51. The number of nitrogens with one attached hydrogen (secondary N) is 1. The van der Waals surface area contributed by atoms with Crippen molar-refractivity contribution in [3.63, 3.8) is 0 Å². The third kappa shape index (κ3) is 2.08. The molecule has 1 N–H and O–H groups in total. The summed E-state index contributed by atoms with van der Waals surface area (Å²) in [4.78, 5) is 3.87. The molecule has 0 unspecified atom stereocenters. The maximum atomic E-state index is 13.3. The molecule has 1 aromatic carbocycles. The van der Waals surface area contributed by atoms with Crippen molar-refractivity contribution >= 4 is 11.5 Å². The van der Waals surface area contributed by atoms with Crippen LogP contribution in [0.3, 0.4) is 0 Å². The van der Waals surface area contributed by atoms with Crippen molar-refractivity contribution in [2.24, 2.45) is 0 Å². The van der Waals surface area contributed by atoms with E-state index in [4.69, 9.17) is 0 Å². The Hall–Kier alpha value is -2.17. The second-order valence-electron chi connectivity index (χ2n) is 3.10. The zero-order valence-corrected chi connectivity index (χ0v) is 8.08. The number of benzene rings is 1. The fourth-order valence-corrected chi connectivity index (χ4v) is 1.24. The number of aromatic nitrogens is 1. The average Bonchev–Trinajstić information content (AvgIpc) is 2.25. The summed E-state index contributed by atoms with van der Waals surface area (Å²) in [6.45, 7) is 0. The Bertz CT molecular complexity index is 480. The molecule has 1 heterocycles. The fraction of sp³-hybridized carbons (Fsp3) is 0. The Kier molecular flexibility index (Phi) is 2.68. The second-order valence-corrected chi connectivity index (χ2v) is 3.10. The van der Waals surface area contributed by atoms with Gasteiger partial charge >= 0.3 is 0 Å². The van der Waals surface area contributed by atoms with Gasteiger partial charge in [-0.1, -0.05) is 11.8 Å². The lowest BCUT2D eigenvalue weighted by Crippen LogP contribution is -2.02. The number of pyridine rings is 1. The van der Waals surface area contributed by atoms with Crippen molar-refractivity contribution in [3.05, 3.63) is 48.2 Å². The molecule has 0 bridgehead atoms. The highest BCUT2D eigenvalue weighted by Crippen LogP contribution is 2.27. The van der Waals surface area contributed by atoms with Gasteiger partial charge in [0.2, 0.25) is 0 Å². The molecule has 0 amide bonds. The summed E-state index contributed by atoms with van der Waals surface area (Å²) in [5.41, 5.74) is -0.305. The summed E-state index contributed by atoms with van der Waals surface area (Å²) >= 11 is 0. The number of anilines is 2. The number of rotatable bonds is 2. The molecular weight excluding hydrogens is 214 g/mol. The van der Waals surface area contributed by atoms with Gasteiger partial charge < -0.3 is 10.4 Å². The zero-order chi connectivity index (χ0) is 11.5. The highest BCUT2D eigenvalue weighted by Gasteiger charge is 2.05. The molecule has 0 aliphatic rings. The van der Waals surface area contributed by atoms with Crippen LogP contribution in [0.4, 0.5) is 20.3 Å². The van der Waals surface area contributed by atoms with E-state index >= 15 is 0 Å². The van der Waals surface area contributed by atoms with Gasteiger partial charge in [-0.25, -0.2) is 13.8 Å². The van der Waals surface area contributed by atoms with Gasteiger partial charge in [0.15, 0.2) is 0 Å². The molecule has 0 spiro atoms. The van der Waals surface area contributed by atoms with E-state index in [-0.39, 0.29) is 5.69 Å². The molecule has 16 heavy (non-hydrogen) atoms. The van der Waals surface area contributed by atoms with E-state index < -0.39 is 17.4 Å². The van der Waals surface area contributed by atoms with Crippen molar-refractivity contribution in [2.75, 3.05) is 5.32 Å². The molecule has 0 radical (unpaired) electrons. The Morgan fingerprint density at radius 1 is 1.19 bits per heavy atom. The van der Waals surface area contributed by atoms with Crippen LogP contribution in [0.2, 0.25) is 0 Å². The maximum absolute atomic E-state index is 13.3. The summed E-state index contributed by atoms with van der Waals surface area (Å²) in [6, 6.07) is 6.30. The fourth-order valence-electron chi connectivity index (χ4n) is 1.24. The molecule has 5 heteroatoms. The second kappa shape index (κ2) is 4.14. The first-order valence-electron chi connectivity index (χ1n) is 4.51. The van der Waals surface area contributed by atoms with Crippen molar-refractivity contribution < 1.29 is 13.9 Å². The number of halogens is 2. The summed E-state index contributed by atoms with van der Waals surface area (Å²) < 4.78 is 25.9. The molecule has 2 aromatic rings. The minimum atomic E-state index is -0.935. The van der Waals surface area contributed by atoms with E-state index in [0.29, 0.717) is 18.0 Å². The van der Waals surface area contributed by atoms with E-state index in [0.717, 1.165) is 0 Å². The van der Waals surface area contributed by atoms with Gasteiger partial charge in [-0.15, -0.1) is 0 Å². The molecule has 0 aliphatic carbocycles. The van der Waals surface area contributed by atoms with Crippen LogP contribution >= 0.6 is 0 Å². The maximum Gasteiger partial charge on any atom is 0.148 e. The van der Waals surface area contributed by atoms with Crippen LogP contribution in [0, 0.1) is 11.6 Å². The first-order chi connectivity index (χ1) is 7.66. The quantitative estimate of drug-likeness (QED) is 0.845. The molecule has 0 fully saturated rings. The third-order valence-electron chi connectivity index (χ3n) is 1.94. The Morgan fingerprint density at radius 3 is 2.62 bits per heavy atom. The standard InChI is InChI=1S/C11H8F2N2O/c12-7-5-8(13)11(9(16)6-7)15-10-3-1-2-4-14-10/h1-6,16H,(H,14,15)/p-1. The van der Waals surface area contributed by atoms with Gasteiger partial charge in [0.25, 0.3) is 0 Å². The Balaban J connectivity index is 2.35. The van der Waals surface area contributed by atoms with Gasteiger partial charge in [0, 0.05) is 12.3 Å². The van der Waals surface area contributed by atoms with Gasteiger partial charge in [0.05, 0.1) is 5.69 Å². The monoisotopic (exact) mass is 221 g/mol. The largest absolute Gasteiger partial charge is 0.871 e. The smallest absolute Gasteiger partial charge is 0.148 e.